The molecule has 0 aliphatic rings. The number of hydrogen-bond acceptors (Lipinski definition) is 4. The molecular formula is C17H17FN2O3. The van der Waals surface area contributed by atoms with E-state index in [0.29, 0.717) is 23.7 Å². The van der Waals surface area contributed by atoms with Crippen molar-refractivity contribution in [1.29, 1.82) is 0 Å². The van der Waals surface area contributed by atoms with Crippen molar-refractivity contribution in [3.05, 3.63) is 59.4 Å². The van der Waals surface area contributed by atoms with Crippen LogP contribution in [0, 0.1) is 5.82 Å². The molecule has 5 nitrogen and oxygen atoms in total. The van der Waals surface area contributed by atoms with E-state index in [-0.39, 0.29) is 5.56 Å². The topological polar surface area (TPSA) is 59.9 Å². The van der Waals surface area contributed by atoms with Gasteiger partial charge >= 0.3 is 0 Å². The van der Waals surface area contributed by atoms with Gasteiger partial charge < -0.3 is 9.47 Å². The largest absolute Gasteiger partial charge is 0.493 e. The van der Waals surface area contributed by atoms with Crippen LogP contribution in [-0.4, -0.2) is 25.8 Å². The second-order valence-corrected chi connectivity index (χ2v) is 4.52. The first kappa shape index (κ1) is 16.5. The van der Waals surface area contributed by atoms with Gasteiger partial charge in [0.15, 0.2) is 11.5 Å². The number of nitrogens with zero attached hydrogens (tertiary/aromatic N) is 1. The van der Waals surface area contributed by atoms with Crippen LogP contribution < -0.4 is 14.9 Å². The number of carbonyl (C=O) groups excluding carboxylic acids is 1. The first-order chi connectivity index (χ1) is 11.2. The maximum Gasteiger partial charge on any atom is 0.274 e. The van der Waals surface area contributed by atoms with Crippen LogP contribution in [0.3, 0.4) is 0 Å². The lowest BCUT2D eigenvalue weighted by Gasteiger charge is -2.09. The van der Waals surface area contributed by atoms with Crippen molar-refractivity contribution in [1.82, 2.24) is 5.43 Å². The number of carbonyl (C=O) groups is 1. The Hall–Kier alpha value is -2.89. The maximum atomic E-state index is 13.5. The molecule has 0 saturated carbocycles. The van der Waals surface area contributed by atoms with Gasteiger partial charge in [-0.15, -0.1) is 0 Å². The average molecular weight is 316 g/mol. The first-order valence-electron chi connectivity index (χ1n) is 7.04. The van der Waals surface area contributed by atoms with Crippen molar-refractivity contribution in [2.75, 3.05) is 13.7 Å². The first-order valence-corrected chi connectivity index (χ1v) is 7.04. The van der Waals surface area contributed by atoms with E-state index in [0.717, 1.165) is 0 Å². The van der Waals surface area contributed by atoms with E-state index < -0.39 is 11.7 Å². The lowest BCUT2D eigenvalue weighted by atomic mass is 10.2. The van der Waals surface area contributed by atoms with Crippen LogP contribution in [0.1, 0.15) is 22.8 Å². The van der Waals surface area contributed by atoms with Crippen LogP contribution >= 0.6 is 0 Å². The number of benzene rings is 2. The molecular weight excluding hydrogens is 299 g/mol. The fraction of sp³-hybridized carbons (Fsp3) is 0.176. The monoisotopic (exact) mass is 316 g/mol. The molecule has 6 heteroatoms. The third-order valence-electron chi connectivity index (χ3n) is 2.99. The molecule has 0 fully saturated rings. The minimum Gasteiger partial charge on any atom is -0.493 e. The van der Waals surface area contributed by atoms with Crippen molar-refractivity contribution >= 4 is 12.1 Å². The van der Waals surface area contributed by atoms with E-state index in [9.17, 15) is 9.18 Å². The summed E-state index contributed by atoms with van der Waals surface area (Å²) in [7, 11) is 1.54. The minimum atomic E-state index is -0.614. The van der Waals surface area contributed by atoms with Gasteiger partial charge in [-0.3, -0.25) is 4.79 Å². The highest BCUT2D eigenvalue weighted by molar-refractivity contribution is 5.95. The highest BCUT2D eigenvalue weighted by atomic mass is 19.1. The van der Waals surface area contributed by atoms with Gasteiger partial charge in [0.1, 0.15) is 5.82 Å². The number of hydrazone groups is 1. The highest BCUT2D eigenvalue weighted by Gasteiger charge is 2.09. The Balaban J connectivity index is 2.06. The Morgan fingerprint density at radius 2 is 2.04 bits per heavy atom. The number of ether oxygens (including phenoxy) is 2. The molecule has 1 amide bonds. The summed E-state index contributed by atoms with van der Waals surface area (Å²) < 4.78 is 24.1. The van der Waals surface area contributed by atoms with Crippen LogP contribution in [0.2, 0.25) is 0 Å². The standard InChI is InChI=1S/C17H17FN2O3/c1-3-23-15-9-8-12(10-16(15)22-2)11-19-20-17(21)13-6-4-5-7-14(13)18/h4-11H,3H2,1-2H3,(H,20,21)/b19-11-. The molecule has 0 aromatic heterocycles. The zero-order valence-electron chi connectivity index (χ0n) is 12.9. The molecule has 0 radical (unpaired) electrons. The van der Waals surface area contributed by atoms with Gasteiger partial charge in [0.25, 0.3) is 5.91 Å². The second kappa shape index (κ2) is 7.93. The zero-order valence-corrected chi connectivity index (χ0v) is 12.9. The van der Waals surface area contributed by atoms with Gasteiger partial charge in [-0.2, -0.15) is 5.10 Å². The van der Waals surface area contributed by atoms with Crippen LogP contribution in [0.5, 0.6) is 11.5 Å². The second-order valence-electron chi connectivity index (χ2n) is 4.52. The van der Waals surface area contributed by atoms with Crippen molar-refractivity contribution in [2.24, 2.45) is 5.10 Å². The number of halogens is 1. The Kier molecular flexibility index (Phi) is 5.68. The van der Waals surface area contributed by atoms with Gasteiger partial charge in [0, 0.05) is 0 Å². The number of nitrogens with one attached hydrogen (secondary N) is 1. The Morgan fingerprint density at radius 1 is 1.26 bits per heavy atom. The van der Waals surface area contributed by atoms with Gasteiger partial charge in [0.2, 0.25) is 0 Å². The summed E-state index contributed by atoms with van der Waals surface area (Å²) in [5.74, 6) is -0.0149. The SMILES string of the molecule is CCOc1ccc(/C=N\NC(=O)c2ccccc2F)cc1OC. The lowest BCUT2D eigenvalue weighted by molar-refractivity contribution is 0.0951. The van der Waals surface area contributed by atoms with Gasteiger partial charge in [-0.05, 0) is 42.8 Å². The van der Waals surface area contributed by atoms with Crippen LogP contribution in [0.15, 0.2) is 47.6 Å². The number of hydrogen-bond donors (Lipinski definition) is 1. The van der Waals surface area contributed by atoms with Crippen LogP contribution in [-0.2, 0) is 0 Å². The van der Waals surface area contributed by atoms with E-state index in [1.165, 1.54) is 24.4 Å². The normalized spacial score (nSPS) is 10.6. The van der Waals surface area contributed by atoms with Gasteiger partial charge in [0.05, 0.1) is 25.5 Å². The van der Waals surface area contributed by atoms with E-state index in [2.05, 4.69) is 10.5 Å². The molecule has 23 heavy (non-hydrogen) atoms. The summed E-state index contributed by atoms with van der Waals surface area (Å²) in [6, 6.07) is 11.0. The molecule has 0 spiro atoms. The van der Waals surface area contributed by atoms with Crippen LogP contribution in [0.25, 0.3) is 0 Å². The maximum absolute atomic E-state index is 13.5. The van der Waals surface area contributed by atoms with Crippen molar-refractivity contribution in [3.8, 4) is 11.5 Å². The summed E-state index contributed by atoms with van der Waals surface area (Å²) in [5.41, 5.74) is 2.93. The molecule has 0 heterocycles. The Labute approximate surface area is 133 Å². The minimum absolute atomic E-state index is 0.0612. The molecule has 120 valence electrons. The molecule has 2 aromatic rings. The predicted molar refractivity (Wildman–Crippen MR) is 85.6 cm³/mol. The van der Waals surface area contributed by atoms with Gasteiger partial charge in [-0.25, -0.2) is 9.82 Å². The van der Waals surface area contributed by atoms with E-state index in [4.69, 9.17) is 9.47 Å². The van der Waals surface area contributed by atoms with Crippen molar-refractivity contribution < 1.29 is 18.7 Å². The smallest absolute Gasteiger partial charge is 0.274 e. The molecule has 2 rings (SSSR count). The Bertz CT molecular complexity index is 717. The third-order valence-corrected chi connectivity index (χ3v) is 2.99. The highest BCUT2D eigenvalue weighted by Crippen LogP contribution is 2.27. The van der Waals surface area contributed by atoms with Crippen molar-refractivity contribution in [2.45, 2.75) is 6.92 Å². The fourth-order valence-electron chi connectivity index (χ4n) is 1.91. The molecule has 0 unspecified atom stereocenters. The quantitative estimate of drug-likeness (QED) is 0.658. The van der Waals surface area contributed by atoms with Crippen molar-refractivity contribution in [3.63, 3.8) is 0 Å². The van der Waals surface area contributed by atoms with Crippen LogP contribution in [0.4, 0.5) is 4.39 Å². The van der Waals surface area contributed by atoms with E-state index >= 15 is 0 Å². The summed E-state index contributed by atoms with van der Waals surface area (Å²) in [6.45, 7) is 2.41. The van der Waals surface area contributed by atoms with Gasteiger partial charge in [-0.1, -0.05) is 12.1 Å². The summed E-state index contributed by atoms with van der Waals surface area (Å²) in [6.07, 6.45) is 1.44. The zero-order chi connectivity index (χ0) is 16.7. The molecule has 0 saturated heterocycles. The Morgan fingerprint density at radius 3 is 2.74 bits per heavy atom. The molecule has 0 aliphatic heterocycles. The summed E-state index contributed by atoms with van der Waals surface area (Å²) in [4.78, 5) is 11.8. The predicted octanol–water partition coefficient (Wildman–Crippen LogP) is 3.00. The molecule has 2 aromatic carbocycles. The molecule has 1 N–H and O–H groups in total. The molecule has 0 atom stereocenters. The van der Waals surface area contributed by atoms with E-state index in [1.807, 2.05) is 6.92 Å². The number of methoxy groups -OCH3 is 1. The third kappa shape index (κ3) is 4.29. The fourth-order valence-corrected chi connectivity index (χ4v) is 1.91. The molecule has 0 aliphatic carbocycles. The summed E-state index contributed by atoms with van der Waals surface area (Å²) >= 11 is 0. The molecule has 0 bridgehead atoms. The number of amides is 1. The summed E-state index contributed by atoms with van der Waals surface area (Å²) in [5, 5.41) is 3.82. The lowest BCUT2D eigenvalue weighted by Crippen LogP contribution is -2.18. The average Bonchev–Trinajstić information content (AvgIpc) is 2.56. The number of rotatable bonds is 6. The van der Waals surface area contributed by atoms with E-state index in [1.54, 1.807) is 31.4 Å².